The molecular weight excluding hydrogens is 250 g/mol. The maximum Gasteiger partial charge on any atom is 0.313 e. The highest BCUT2D eigenvalue weighted by molar-refractivity contribution is 8.00. The van der Waals surface area contributed by atoms with Crippen molar-refractivity contribution in [2.75, 3.05) is 18.1 Å². The molecule has 0 aliphatic heterocycles. The molecule has 1 saturated carbocycles. The summed E-state index contributed by atoms with van der Waals surface area (Å²) in [5.41, 5.74) is 0. The van der Waals surface area contributed by atoms with E-state index >= 15 is 0 Å². The van der Waals surface area contributed by atoms with Gasteiger partial charge in [0.25, 0.3) is 0 Å². The first-order valence-electron chi connectivity index (χ1n) is 6.64. The van der Waals surface area contributed by atoms with E-state index in [-0.39, 0.29) is 17.4 Å². The van der Waals surface area contributed by atoms with Crippen LogP contribution >= 0.6 is 11.8 Å². The van der Waals surface area contributed by atoms with E-state index in [0.29, 0.717) is 0 Å². The maximum absolute atomic E-state index is 11.4. The summed E-state index contributed by atoms with van der Waals surface area (Å²) in [4.78, 5) is 21.7. The second-order valence-corrected chi connectivity index (χ2v) is 6.15. The fraction of sp³-hybridized carbons (Fsp3) is 0.846. The zero-order chi connectivity index (χ0) is 13.4. The van der Waals surface area contributed by atoms with Gasteiger partial charge in [0.15, 0.2) is 0 Å². The molecular formula is C13H23NO3S. The van der Waals surface area contributed by atoms with Crippen LogP contribution in [0.25, 0.3) is 0 Å². The Morgan fingerprint density at radius 2 is 2.11 bits per heavy atom. The summed E-state index contributed by atoms with van der Waals surface area (Å²) in [7, 11) is 0. The van der Waals surface area contributed by atoms with Crippen molar-refractivity contribution in [1.82, 2.24) is 5.32 Å². The van der Waals surface area contributed by atoms with E-state index < -0.39 is 5.97 Å². The molecule has 5 heteroatoms. The number of nitrogens with one attached hydrogen (secondary N) is 1. The third-order valence-corrected chi connectivity index (χ3v) is 4.30. The van der Waals surface area contributed by atoms with Crippen molar-refractivity contribution in [3.63, 3.8) is 0 Å². The average molecular weight is 273 g/mol. The molecule has 2 unspecified atom stereocenters. The number of carboxylic acid groups (broad SMARTS) is 1. The van der Waals surface area contributed by atoms with Crippen molar-refractivity contribution in [1.29, 1.82) is 0 Å². The lowest BCUT2D eigenvalue weighted by atomic mass is 9.81. The van der Waals surface area contributed by atoms with Gasteiger partial charge in [0.2, 0.25) is 5.91 Å². The van der Waals surface area contributed by atoms with Gasteiger partial charge < -0.3 is 10.4 Å². The van der Waals surface area contributed by atoms with Crippen LogP contribution in [0.1, 0.15) is 39.0 Å². The Balaban J connectivity index is 2.02. The summed E-state index contributed by atoms with van der Waals surface area (Å²) in [6.45, 7) is 3.02. The van der Waals surface area contributed by atoms with Crippen LogP contribution < -0.4 is 5.32 Å². The van der Waals surface area contributed by atoms with E-state index in [1.165, 1.54) is 25.7 Å². The van der Waals surface area contributed by atoms with Crippen molar-refractivity contribution >= 4 is 23.6 Å². The van der Waals surface area contributed by atoms with Gasteiger partial charge in [0.1, 0.15) is 0 Å². The van der Waals surface area contributed by atoms with Crippen LogP contribution in [0.5, 0.6) is 0 Å². The fourth-order valence-electron chi connectivity index (χ4n) is 2.52. The molecule has 1 aliphatic carbocycles. The van der Waals surface area contributed by atoms with E-state index in [1.807, 2.05) is 0 Å². The van der Waals surface area contributed by atoms with E-state index in [2.05, 4.69) is 12.2 Å². The van der Waals surface area contributed by atoms with Gasteiger partial charge >= 0.3 is 5.97 Å². The number of amides is 1. The van der Waals surface area contributed by atoms with Gasteiger partial charge in [-0.05, 0) is 24.7 Å². The lowest BCUT2D eigenvalue weighted by Crippen LogP contribution is -2.28. The van der Waals surface area contributed by atoms with Crippen molar-refractivity contribution in [2.45, 2.75) is 39.0 Å². The first-order valence-corrected chi connectivity index (χ1v) is 7.79. The van der Waals surface area contributed by atoms with E-state index in [1.54, 1.807) is 0 Å². The molecule has 0 aromatic carbocycles. The molecule has 0 bridgehead atoms. The highest BCUT2D eigenvalue weighted by Crippen LogP contribution is 2.30. The molecule has 0 spiro atoms. The molecule has 1 aliphatic rings. The van der Waals surface area contributed by atoms with Crippen molar-refractivity contribution in [3.8, 4) is 0 Å². The zero-order valence-electron chi connectivity index (χ0n) is 11.0. The lowest BCUT2D eigenvalue weighted by Gasteiger charge is -2.26. The quantitative estimate of drug-likeness (QED) is 0.746. The van der Waals surface area contributed by atoms with Crippen molar-refractivity contribution < 1.29 is 14.7 Å². The third kappa shape index (κ3) is 6.89. The van der Waals surface area contributed by atoms with Gasteiger partial charge in [-0.15, -0.1) is 11.8 Å². The standard InChI is InChI=1S/C13H23NO3S/c1-10-3-2-4-11(7-10)5-6-14-12(15)8-18-9-13(16)17/h10-11H,2-9H2,1H3,(H,14,15)(H,16,17). The van der Waals surface area contributed by atoms with E-state index in [9.17, 15) is 9.59 Å². The minimum atomic E-state index is -0.871. The zero-order valence-corrected chi connectivity index (χ0v) is 11.8. The number of hydrogen-bond donors (Lipinski definition) is 2. The molecule has 0 radical (unpaired) electrons. The largest absolute Gasteiger partial charge is 0.481 e. The lowest BCUT2D eigenvalue weighted by molar-refractivity contribution is -0.133. The number of carbonyl (C=O) groups excluding carboxylic acids is 1. The molecule has 4 nitrogen and oxygen atoms in total. The molecule has 2 atom stereocenters. The average Bonchev–Trinajstić information content (AvgIpc) is 2.28. The Kier molecular flexibility index (Phi) is 7.16. The van der Waals surface area contributed by atoms with Crippen molar-refractivity contribution in [3.05, 3.63) is 0 Å². The summed E-state index contributed by atoms with van der Waals surface area (Å²) in [6, 6.07) is 0. The van der Waals surface area contributed by atoms with E-state index in [0.717, 1.165) is 36.6 Å². The monoisotopic (exact) mass is 273 g/mol. The van der Waals surface area contributed by atoms with Crippen molar-refractivity contribution in [2.24, 2.45) is 11.8 Å². The Bertz CT molecular complexity index is 283. The highest BCUT2D eigenvalue weighted by atomic mass is 32.2. The van der Waals surface area contributed by atoms with Crippen LogP contribution in [-0.4, -0.2) is 35.0 Å². The number of carboxylic acids is 1. The van der Waals surface area contributed by atoms with Crippen LogP contribution in [0.15, 0.2) is 0 Å². The van der Waals surface area contributed by atoms with Crippen LogP contribution in [-0.2, 0) is 9.59 Å². The first kappa shape index (κ1) is 15.3. The van der Waals surface area contributed by atoms with Gasteiger partial charge in [-0.2, -0.15) is 0 Å². The highest BCUT2D eigenvalue weighted by Gasteiger charge is 2.18. The molecule has 18 heavy (non-hydrogen) atoms. The van der Waals surface area contributed by atoms with E-state index in [4.69, 9.17) is 5.11 Å². The Morgan fingerprint density at radius 3 is 2.78 bits per heavy atom. The second kappa shape index (κ2) is 8.40. The van der Waals surface area contributed by atoms with Crippen LogP contribution in [0, 0.1) is 11.8 Å². The Labute approximate surface area is 113 Å². The third-order valence-electron chi connectivity index (χ3n) is 3.38. The first-order chi connectivity index (χ1) is 8.58. The summed E-state index contributed by atoms with van der Waals surface area (Å²) >= 11 is 1.14. The normalized spacial score (nSPS) is 23.6. The van der Waals surface area contributed by atoms with Crippen LogP contribution in [0.4, 0.5) is 0 Å². The van der Waals surface area contributed by atoms with Gasteiger partial charge in [0, 0.05) is 6.54 Å². The summed E-state index contributed by atoms with van der Waals surface area (Å²) in [6.07, 6.45) is 6.28. The molecule has 0 saturated heterocycles. The van der Waals surface area contributed by atoms with Crippen LogP contribution in [0.3, 0.4) is 0 Å². The molecule has 0 aromatic heterocycles. The minimum Gasteiger partial charge on any atom is -0.481 e. The summed E-state index contributed by atoms with van der Waals surface area (Å²) in [5.74, 6) is 0.890. The second-order valence-electron chi connectivity index (χ2n) is 5.16. The maximum atomic E-state index is 11.4. The van der Waals surface area contributed by atoms with Gasteiger partial charge in [-0.3, -0.25) is 9.59 Å². The smallest absolute Gasteiger partial charge is 0.313 e. The van der Waals surface area contributed by atoms with Gasteiger partial charge in [-0.1, -0.05) is 26.2 Å². The Hall–Kier alpha value is -0.710. The SMILES string of the molecule is CC1CCCC(CCNC(=O)CSCC(=O)O)C1. The predicted molar refractivity (Wildman–Crippen MR) is 73.7 cm³/mol. The molecule has 0 heterocycles. The molecule has 1 amide bonds. The predicted octanol–water partition coefficient (Wildman–Crippen LogP) is 2.14. The summed E-state index contributed by atoms with van der Waals surface area (Å²) < 4.78 is 0. The number of carbonyl (C=O) groups is 2. The van der Waals surface area contributed by atoms with Gasteiger partial charge in [-0.25, -0.2) is 0 Å². The number of thioether (sulfide) groups is 1. The summed E-state index contributed by atoms with van der Waals surface area (Å²) in [5, 5.41) is 11.3. The molecule has 0 aromatic rings. The topological polar surface area (TPSA) is 66.4 Å². The Morgan fingerprint density at radius 1 is 1.33 bits per heavy atom. The number of rotatable bonds is 7. The van der Waals surface area contributed by atoms with Gasteiger partial charge in [0.05, 0.1) is 11.5 Å². The fourth-order valence-corrected chi connectivity index (χ4v) is 3.08. The van der Waals surface area contributed by atoms with Crippen LogP contribution in [0.2, 0.25) is 0 Å². The molecule has 2 N–H and O–H groups in total. The number of aliphatic carboxylic acids is 1. The molecule has 1 fully saturated rings. The minimum absolute atomic E-state index is 0.00639. The molecule has 1 rings (SSSR count). The molecule has 104 valence electrons. The number of hydrogen-bond acceptors (Lipinski definition) is 3.